The van der Waals surface area contributed by atoms with Crippen LogP contribution in [0.15, 0.2) is 134 Å². The number of allylic oxidation sites excluding steroid dienone is 21. The number of hydrogen-bond donors (Lipinski definition) is 3. The molecule has 58 heavy (non-hydrogen) atoms. The van der Waals surface area contributed by atoms with E-state index in [4.69, 9.17) is 24.3 Å². The van der Waals surface area contributed by atoms with Crippen molar-refractivity contribution < 1.29 is 42.7 Å². The van der Waals surface area contributed by atoms with Gasteiger partial charge in [0.25, 0.3) is 0 Å². The Morgan fingerprint density at radius 2 is 1.07 bits per heavy atom. The van der Waals surface area contributed by atoms with E-state index in [0.717, 1.165) is 64.2 Å². The topological polar surface area (TPSA) is 155 Å². The molecule has 2 unspecified atom stereocenters. The maximum atomic E-state index is 12.6. The van der Waals surface area contributed by atoms with Crippen LogP contribution in [0.25, 0.3) is 0 Å². The molecule has 0 saturated carbocycles. The number of carbonyl (C=O) groups is 2. The highest BCUT2D eigenvalue weighted by atomic mass is 31.2. The van der Waals surface area contributed by atoms with Gasteiger partial charge in [0, 0.05) is 19.4 Å². The molecule has 10 nitrogen and oxygen atoms in total. The van der Waals surface area contributed by atoms with Gasteiger partial charge in [-0.25, -0.2) is 4.57 Å². The minimum atomic E-state index is -4.46. The first-order valence-corrected chi connectivity index (χ1v) is 22.3. The molecular formula is C47H72NO9P. The third kappa shape index (κ3) is 40.3. The van der Waals surface area contributed by atoms with Crippen molar-refractivity contribution in [3.05, 3.63) is 134 Å². The smallest absolute Gasteiger partial charge is 0.462 e. The van der Waals surface area contributed by atoms with Gasteiger partial charge in [0.05, 0.1) is 19.3 Å². The molecule has 0 rings (SSSR count). The van der Waals surface area contributed by atoms with Gasteiger partial charge >= 0.3 is 19.8 Å². The Balaban J connectivity index is 4.53. The molecule has 0 aliphatic rings. The number of hydrogen-bond acceptors (Lipinski definition) is 9. The predicted octanol–water partition coefficient (Wildman–Crippen LogP) is 10.9. The largest absolute Gasteiger partial charge is 0.472 e. The number of aliphatic hydroxyl groups is 1. The molecule has 0 bridgehead atoms. The zero-order valence-corrected chi connectivity index (χ0v) is 36.0. The SMILES string of the molecule is CC/C=C\C/C=C\C/C=C\C/C=C\C=C\C(O)CCCC(=O)O[C@H](COC(=O)CC/C=C\C/C=C\C/C=C\C/C=C\C/C=C\C/C=C\CC)COP(=O)(O)OCCN. The van der Waals surface area contributed by atoms with Gasteiger partial charge in [0.15, 0.2) is 6.10 Å². The molecule has 0 radical (unpaired) electrons. The fourth-order valence-electron chi connectivity index (χ4n) is 4.63. The van der Waals surface area contributed by atoms with Crippen LogP contribution in [0.2, 0.25) is 0 Å². The Kier molecular flexibility index (Phi) is 38.5. The van der Waals surface area contributed by atoms with E-state index < -0.39 is 38.6 Å². The summed E-state index contributed by atoms with van der Waals surface area (Å²) in [6.45, 7) is 3.14. The zero-order valence-electron chi connectivity index (χ0n) is 35.1. The molecule has 0 amide bonds. The number of rotatable bonds is 36. The Labute approximate surface area is 349 Å². The lowest BCUT2D eigenvalue weighted by Crippen LogP contribution is -2.29. The maximum absolute atomic E-state index is 12.6. The normalized spacial score (nSPS) is 15.2. The number of phosphoric acid groups is 1. The molecule has 0 aromatic heterocycles. The summed E-state index contributed by atoms with van der Waals surface area (Å²) in [5.41, 5.74) is 5.33. The van der Waals surface area contributed by atoms with E-state index >= 15 is 0 Å². The maximum Gasteiger partial charge on any atom is 0.472 e. The quantitative estimate of drug-likeness (QED) is 0.0241. The van der Waals surface area contributed by atoms with Crippen molar-refractivity contribution in [3.63, 3.8) is 0 Å². The number of nitrogens with two attached hydrogens (primary N) is 1. The van der Waals surface area contributed by atoms with Gasteiger partial charge in [-0.3, -0.25) is 18.6 Å². The standard InChI is InChI=1S/C47H72NO9P/c1-3-5-7-9-11-13-15-17-18-19-20-21-22-24-26-28-30-32-34-38-46(50)54-42-45(43-56-58(52,53)55-41-40-48)57-47(51)39-35-37-44(49)36-33-31-29-27-25-23-16-14-12-10-8-6-4-2/h5-8,11-14,17-18,20-21,23-26,29-33,36,44-45,49H,3-4,9-10,15-16,19,22,27-28,34-35,37-43,48H2,1-2H3,(H,52,53)/b7-5-,8-6-,13-11-,14-12-,18-17-,21-20-,25-23-,26-24-,31-29-,32-30-,36-33+/t44?,45-/m1/s1. The lowest BCUT2D eigenvalue weighted by atomic mass is 10.1. The van der Waals surface area contributed by atoms with Gasteiger partial charge in [0.2, 0.25) is 0 Å². The lowest BCUT2D eigenvalue weighted by Gasteiger charge is -2.20. The second kappa shape index (κ2) is 41.3. The van der Waals surface area contributed by atoms with E-state index in [-0.39, 0.29) is 32.6 Å². The van der Waals surface area contributed by atoms with E-state index in [1.165, 1.54) is 0 Å². The molecule has 4 N–H and O–H groups in total. The summed E-state index contributed by atoms with van der Waals surface area (Å²) in [6, 6.07) is 0. The number of carbonyl (C=O) groups excluding carboxylic acids is 2. The van der Waals surface area contributed by atoms with Gasteiger partial charge in [-0.1, -0.05) is 148 Å². The molecule has 0 spiro atoms. The third-order valence-corrected chi connectivity index (χ3v) is 8.63. The molecule has 324 valence electrons. The van der Waals surface area contributed by atoms with Crippen LogP contribution in [0.3, 0.4) is 0 Å². The highest BCUT2D eigenvalue weighted by molar-refractivity contribution is 7.47. The highest BCUT2D eigenvalue weighted by Crippen LogP contribution is 2.43. The van der Waals surface area contributed by atoms with Crippen molar-refractivity contribution in [2.24, 2.45) is 5.73 Å². The van der Waals surface area contributed by atoms with Crippen LogP contribution in [0.5, 0.6) is 0 Å². The van der Waals surface area contributed by atoms with Crippen LogP contribution in [0.4, 0.5) is 0 Å². The van der Waals surface area contributed by atoms with Crippen LogP contribution in [-0.4, -0.2) is 60.5 Å². The average Bonchev–Trinajstić information content (AvgIpc) is 3.20. The highest BCUT2D eigenvalue weighted by Gasteiger charge is 2.26. The molecule has 0 saturated heterocycles. The molecule has 0 aliphatic carbocycles. The molecule has 0 aliphatic heterocycles. The van der Waals surface area contributed by atoms with Crippen LogP contribution in [-0.2, 0) is 32.7 Å². The van der Waals surface area contributed by atoms with E-state index in [1.807, 2.05) is 24.3 Å². The Bertz CT molecular complexity index is 1420. The number of esters is 2. The summed E-state index contributed by atoms with van der Waals surface area (Å²) in [4.78, 5) is 34.8. The average molecular weight is 826 g/mol. The number of aliphatic hydroxyl groups excluding tert-OH is 1. The second-order valence-corrected chi connectivity index (χ2v) is 14.4. The fourth-order valence-corrected chi connectivity index (χ4v) is 5.39. The van der Waals surface area contributed by atoms with E-state index in [9.17, 15) is 24.2 Å². The molecule has 0 fully saturated rings. The van der Waals surface area contributed by atoms with Crippen LogP contribution >= 0.6 is 7.82 Å². The van der Waals surface area contributed by atoms with E-state index in [1.54, 1.807) is 12.2 Å². The van der Waals surface area contributed by atoms with Crippen molar-refractivity contribution in [1.29, 1.82) is 0 Å². The Morgan fingerprint density at radius 3 is 1.55 bits per heavy atom. The zero-order chi connectivity index (χ0) is 42.6. The monoisotopic (exact) mass is 825 g/mol. The van der Waals surface area contributed by atoms with Crippen molar-refractivity contribution in [3.8, 4) is 0 Å². The molecular weight excluding hydrogens is 753 g/mol. The van der Waals surface area contributed by atoms with Crippen molar-refractivity contribution in [2.45, 2.75) is 122 Å². The summed E-state index contributed by atoms with van der Waals surface area (Å²) in [6.07, 6.45) is 53.9. The molecule has 11 heteroatoms. The van der Waals surface area contributed by atoms with Gasteiger partial charge in [0.1, 0.15) is 6.61 Å². The summed E-state index contributed by atoms with van der Waals surface area (Å²) < 4.78 is 32.5. The summed E-state index contributed by atoms with van der Waals surface area (Å²) in [5, 5.41) is 10.3. The van der Waals surface area contributed by atoms with Crippen molar-refractivity contribution in [1.82, 2.24) is 0 Å². The number of phosphoric ester groups is 1. The second-order valence-electron chi connectivity index (χ2n) is 12.9. The fraction of sp³-hybridized carbons (Fsp3) is 0.489. The third-order valence-electron chi connectivity index (χ3n) is 7.65. The van der Waals surface area contributed by atoms with Crippen LogP contribution in [0.1, 0.15) is 110 Å². The van der Waals surface area contributed by atoms with Gasteiger partial charge in [-0.05, 0) is 83.5 Å². The first kappa shape index (κ1) is 54.1. The van der Waals surface area contributed by atoms with Gasteiger partial charge in [-0.15, -0.1) is 0 Å². The first-order chi connectivity index (χ1) is 28.2. The van der Waals surface area contributed by atoms with Crippen molar-refractivity contribution >= 4 is 19.8 Å². The Hall–Kier alpha value is -3.89. The van der Waals surface area contributed by atoms with Crippen LogP contribution < -0.4 is 5.73 Å². The molecule has 0 aromatic carbocycles. The number of ether oxygens (including phenoxy) is 2. The predicted molar refractivity (Wildman–Crippen MR) is 239 cm³/mol. The van der Waals surface area contributed by atoms with E-state index in [0.29, 0.717) is 19.3 Å². The minimum Gasteiger partial charge on any atom is -0.462 e. The summed E-state index contributed by atoms with van der Waals surface area (Å²) in [5.74, 6) is -1.15. The minimum absolute atomic E-state index is 0.00514. The van der Waals surface area contributed by atoms with Gasteiger partial charge in [-0.2, -0.15) is 0 Å². The van der Waals surface area contributed by atoms with Gasteiger partial charge < -0.3 is 25.2 Å². The first-order valence-electron chi connectivity index (χ1n) is 20.8. The van der Waals surface area contributed by atoms with E-state index in [2.05, 4.69) is 111 Å². The van der Waals surface area contributed by atoms with Crippen LogP contribution in [0, 0.1) is 0 Å². The molecule has 0 aromatic rings. The Morgan fingerprint density at radius 1 is 0.603 bits per heavy atom. The van der Waals surface area contributed by atoms with Crippen molar-refractivity contribution in [2.75, 3.05) is 26.4 Å². The molecule has 3 atom stereocenters. The summed E-state index contributed by atoms with van der Waals surface area (Å²) >= 11 is 0. The summed E-state index contributed by atoms with van der Waals surface area (Å²) in [7, 11) is -4.46. The lowest BCUT2D eigenvalue weighted by molar-refractivity contribution is -0.161. The molecule has 0 heterocycles.